The van der Waals surface area contributed by atoms with Gasteiger partial charge in [0.05, 0.1) is 4.90 Å². The molecule has 1 unspecified atom stereocenters. The summed E-state index contributed by atoms with van der Waals surface area (Å²) in [7, 11) is -3.95. The lowest BCUT2D eigenvalue weighted by Crippen LogP contribution is -2.48. The normalized spacial score (nSPS) is 12.5. The monoisotopic (exact) mass is 482 g/mol. The average Bonchev–Trinajstić information content (AvgIpc) is 3.22. The van der Waals surface area contributed by atoms with Crippen molar-refractivity contribution in [3.63, 3.8) is 0 Å². The van der Waals surface area contributed by atoms with Crippen LogP contribution in [-0.2, 0) is 27.7 Å². The first-order valence-corrected chi connectivity index (χ1v) is 12.3. The molecule has 0 fully saturated rings. The summed E-state index contributed by atoms with van der Waals surface area (Å²) < 4.78 is 28.6. The van der Waals surface area contributed by atoms with Crippen LogP contribution in [0.5, 0.6) is 0 Å². The van der Waals surface area contributed by atoms with E-state index in [9.17, 15) is 13.2 Å². The Morgan fingerprint density at radius 3 is 2.55 bits per heavy atom. The molecule has 2 aromatic carbocycles. The van der Waals surface area contributed by atoms with Crippen molar-refractivity contribution in [2.24, 2.45) is 0 Å². The molecule has 0 aliphatic carbocycles. The number of aromatic nitrogens is 2. The molecule has 2 heterocycles. The lowest BCUT2D eigenvalue weighted by atomic mass is 10.1. The van der Waals surface area contributed by atoms with Crippen LogP contribution in [0.2, 0.25) is 5.02 Å². The number of nitrogens with one attached hydrogen (secondary N) is 3. The van der Waals surface area contributed by atoms with Crippen LogP contribution in [0, 0.1) is 0 Å². The van der Waals surface area contributed by atoms with Gasteiger partial charge in [0.25, 0.3) is 0 Å². The van der Waals surface area contributed by atoms with Crippen LogP contribution in [0.3, 0.4) is 0 Å². The van der Waals surface area contributed by atoms with Crippen molar-refractivity contribution >= 4 is 38.4 Å². The molecule has 1 amide bonds. The average molecular weight is 483 g/mol. The van der Waals surface area contributed by atoms with Crippen molar-refractivity contribution in [2.75, 3.05) is 6.54 Å². The zero-order valence-corrected chi connectivity index (χ0v) is 19.2. The van der Waals surface area contributed by atoms with Crippen LogP contribution >= 0.6 is 11.6 Å². The fourth-order valence-corrected chi connectivity index (χ4v) is 4.88. The van der Waals surface area contributed by atoms with Gasteiger partial charge >= 0.3 is 0 Å². The first-order valence-electron chi connectivity index (χ1n) is 10.4. The van der Waals surface area contributed by atoms with E-state index in [1.165, 1.54) is 24.3 Å². The van der Waals surface area contributed by atoms with Crippen LogP contribution in [0.25, 0.3) is 10.9 Å². The maximum atomic E-state index is 13.1. The number of para-hydroxylation sites is 1. The van der Waals surface area contributed by atoms with E-state index in [1.807, 2.05) is 42.5 Å². The second-order valence-corrected chi connectivity index (χ2v) is 9.70. The van der Waals surface area contributed by atoms with Gasteiger partial charge in [0, 0.05) is 47.0 Å². The number of amides is 1. The predicted molar refractivity (Wildman–Crippen MR) is 129 cm³/mol. The summed E-state index contributed by atoms with van der Waals surface area (Å²) in [6, 6.07) is 18.1. The number of sulfonamides is 1. The largest absolute Gasteiger partial charge is 0.361 e. The number of halogens is 1. The highest BCUT2D eigenvalue weighted by atomic mass is 35.5. The molecule has 170 valence electrons. The molecule has 3 N–H and O–H groups in total. The Morgan fingerprint density at radius 1 is 1.03 bits per heavy atom. The highest BCUT2D eigenvalue weighted by Crippen LogP contribution is 2.20. The third-order valence-corrected chi connectivity index (χ3v) is 6.98. The van der Waals surface area contributed by atoms with Crippen LogP contribution < -0.4 is 10.0 Å². The standard InChI is InChI=1S/C24H23ClN4O3S/c25-18-8-10-20(11-9-18)33(31,32)29-23(15-17-16-28-22-7-2-1-6-21(17)22)24(30)27-14-12-19-5-3-4-13-26-19/h1-11,13,16,23,28-29H,12,14-15H2,(H,27,30). The van der Waals surface area contributed by atoms with Crippen molar-refractivity contribution in [3.05, 3.63) is 95.4 Å². The maximum Gasteiger partial charge on any atom is 0.241 e. The van der Waals surface area contributed by atoms with E-state index >= 15 is 0 Å². The molecule has 0 aliphatic rings. The molecule has 0 saturated carbocycles. The van der Waals surface area contributed by atoms with Gasteiger partial charge in [0.15, 0.2) is 0 Å². The van der Waals surface area contributed by atoms with Crippen LogP contribution in [0.4, 0.5) is 0 Å². The molecule has 0 saturated heterocycles. The minimum Gasteiger partial charge on any atom is -0.361 e. The van der Waals surface area contributed by atoms with Crippen molar-refractivity contribution in [2.45, 2.75) is 23.8 Å². The van der Waals surface area contributed by atoms with E-state index < -0.39 is 22.0 Å². The molecule has 1 atom stereocenters. The first-order chi connectivity index (χ1) is 15.9. The summed E-state index contributed by atoms with van der Waals surface area (Å²) in [5, 5.41) is 4.20. The summed E-state index contributed by atoms with van der Waals surface area (Å²) in [6.45, 7) is 0.336. The number of H-pyrrole nitrogens is 1. The van der Waals surface area contributed by atoms with E-state index in [2.05, 4.69) is 20.0 Å². The third kappa shape index (κ3) is 5.78. The molecular weight excluding hydrogens is 460 g/mol. The Bertz CT molecular complexity index is 1340. The molecule has 4 rings (SSSR count). The van der Waals surface area contributed by atoms with Gasteiger partial charge in [0.1, 0.15) is 6.04 Å². The highest BCUT2D eigenvalue weighted by molar-refractivity contribution is 7.89. The minimum atomic E-state index is -3.95. The van der Waals surface area contributed by atoms with E-state index in [1.54, 1.807) is 12.4 Å². The quantitative estimate of drug-likeness (QED) is 0.340. The zero-order valence-electron chi connectivity index (χ0n) is 17.7. The lowest BCUT2D eigenvalue weighted by molar-refractivity contribution is -0.122. The SMILES string of the molecule is O=C(NCCc1ccccn1)C(Cc1c[nH]c2ccccc12)NS(=O)(=O)c1ccc(Cl)cc1. The molecule has 0 radical (unpaired) electrons. The second-order valence-electron chi connectivity index (χ2n) is 7.55. The smallest absolute Gasteiger partial charge is 0.241 e. The zero-order chi connectivity index (χ0) is 23.3. The first kappa shape index (κ1) is 23.0. The molecule has 4 aromatic rings. The number of rotatable bonds is 9. The van der Waals surface area contributed by atoms with Crippen molar-refractivity contribution in [1.82, 2.24) is 20.0 Å². The van der Waals surface area contributed by atoms with Crippen LogP contribution in [0.1, 0.15) is 11.3 Å². The van der Waals surface area contributed by atoms with Gasteiger partial charge in [-0.25, -0.2) is 8.42 Å². The minimum absolute atomic E-state index is 0.0390. The lowest BCUT2D eigenvalue weighted by Gasteiger charge is -2.18. The molecule has 2 aromatic heterocycles. The maximum absolute atomic E-state index is 13.1. The number of hydrogen-bond acceptors (Lipinski definition) is 4. The number of nitrogens with zero attached hydrogens (tertiary/aromatic N) is 1. The fourth-order valence-electron chi connectivity index (χ4n) is 3.56. The molecule has 0 aliphatic heterocycles. The number of aromatic amines is 1. The number of carbonyl (C=O) groups is 1. The molecule has 7 nitrogen and oxygen atoms in total. The number of fused-ring (bicyclic) bond motifs is 1. The summed E-state index contributed by atoms with van der Waals surface area (Å²) in [5.74, 6) is -0.409. The molecule has 0 spiro atoms. The second kappa shape index (κ2) is 10.2. The van der Waals surface area contributed by atoms with Gasteiger partial charge in [0.2, 0.25) is 15.9 Å². The predicted octanol–water partition coefficient (Wildman–Crippen LogP) is 3.46. The Balaban J connectivity index is 1.54. The fraction of sp³-hybridized carbons (Fsp3) is 0.167. The van der Waals surface area contributed by atoms with Gasteiger partial charge in [-0.1, -0.05) is 35.9 Å². The van der Waals surface area contributed by atoms with Gasteiger partial charge in [-0.15, -0.1) is 0 Å². The number of benzene rings is 2. The number of carbonyl (C=O) groups excluding carboxylic acids is 1. The molecular formula is C24H23ClN4O3S. The third-order valence-electron chi connectivity index (χ3n) is 5.24. The number of pyridine rings is 1. The van der Waals surface area contributed by atoms with E-state index in [0.29, 0.717) is 18.0 Å². The Morgan fingerprint density at radius 2 is 1.79 bits per heavy atom. The van der Waals surface area contributed by atoms with Gasteiger partial charge in [-0.2, -0.15) is 4.72 Å². The van der Waals surface area contributed by atoms with Gasteiger partial charge in [-0.3, -0.25) is 9.78 Å². The van der Waals surface area contributed by atoms with Crippen molar-refractivity contribution in [3.8, 4) is 0 Å². The summed E-state index contributed by atoms with van der Waals surface area (Å²) in [6.07, 6.45) is 4.22. The molecule has 0 bridgehead atoms. The number of hydrogen-bond donors (Lipinski definition) is 3. The van der Waals surface area contributed by atoms with Crippen LogP contribution in [-0.4, -0.2) is 36.9 Å². The topological polar surface area (TPSA) is 104 Å². The van der Waals surface area contributed by atoms with Gasteiger partial charge < -0.3 is 10.3 Å². The Kier molecular flexibility index (Phi) is 7.08. The highest BCUT2D eigenvalue weighted by Gasteiger charge is 2.27. The van der Waals surface area contributed by atoms with Crippen molar-refractivity contribution < 1.29 is 13.2 Å². The molecule has 33 heavy (non-hydrogen) atoms. The van der Waals surface area contributed by atoms with E-state index in [4.69, 9.17) is 11.6 Å². The summed E-state index contributed by atoms with van der Waals surface area (Å²) >= 11 is 5.89. The summed E-state index contributed by atoms with van der Waals surface area (Å²) in [5.41, 5.74) is 2.60. The van der Waals surface area contributed by atoms with E-state index in [0.717, 1.165) is 22.2 Å². The van der Waals surface area contributed by atoms with Crippen LogP contribution in [0.15, 0.2) is 84.0 Å². The van der Waals surface area contributed by atoms with Crippen molar-refractivity contribution in [1.29, 1.82) is 0 Å². The summed E-state index contributed by atoms with van der Waals surface area (Å²) in [4.78, 5) is 20.5. The Hall–Kier alpha value is -3.20. The molecule has 9 heteroatoms. The van der Waals surface area contributed by atoms with Gasteiger partial charge in [-0.05, 0) is 54.4 Å². The van der Waals surface area contributed by atoms with E-state index in [-0.39, 0.29) is 11.3 Å². The Labute approximate surface area is 197 Å².